The SMILES string of the molecule is Cc1cc(C)c(CNC(=O)c2cc(C3CC(C)(C)NC(C)(C)C3)cc(NC3CCCC3)c2C=N)c(=O)[nH]1. The lowest BCUT2D eigenvalue weighted by Gasteiger charge is -2.47. The number of aromatic amines is 1. The first-order valence-electron chi connectivity index (χ1n) is 13.6. The number of rotatable bonds is 7. The maximum atomic E-state index is 13.6. The standard InChI is InChI=1S/C30H43N5O2/c1-18-11-19(2)33-28(37)25(18)17-32-27(36)23-12-20(21-14-29(3,4)35-30(5,6)15-21)13-26(24(23)16-31)34-22-9-7-8-10-22/h11-13,16,21-22,31,34-35H,7-10,14-15,17H2,1-6H3,(H,32,36)(H,33,37). The van der Waals surface area contributed by atoms with Crippen molar-refractivity contribution in [1.29, 1.82) is 5.41 Å². The van der Waals surface area contributed by atoms with Gasteiger partial charge in [-0.15, -0.1) is 0 Å². The second kappa shape index (κ2) is 10.4. The van der Waals surface area contributed by atoms with Gasteiger partial charge in [0.05, 0.1) is 5.56 Å². The number of benzene rings is 1. The minimum absolute atomic E-state index is 0.0297. The molecule has 1 aliphatic carbocycles. The molecule has 2 fully saturated rings. The Morgan fingerprint density at radius 2 is 1.73 bits per heavy atom. The Morgan fingerprint density at radius 1 is 1.08 bits per heavy atom. The molecule has 1 aromatic heterocycles. The van der Waals surface area contributed by atoms with Crippen molar-refractivity contribution in [3.05, 3.63) is 62.1 Å². The molecule has 4 rings (SSSR count). The van der Waals surface area contributed by atoms with E-state index in [0.29, 0.717) is 22.7 Å². The molecule has 0 atom stereocenters. The number of aromatic nitrogens is 1. The van der Waals surface area contributed by atoms with Gasteiger partial charge in [0.15, 0.2) is 0 Å². The summed E-state index contributed by atoms with van der Waals surface area (Å²) < 4.78 is 0. The van der Waals surface area contributed by atoms with Gasteiger partial charge in [0.2, 0.25) is 0 Å². The molecule has 200 valence electrons. The van der Waals surface area contributed by atoms with Crippen molar-refractivity contribution in [1.82, 2.24) is 15.6 Å². The predicted octanol–water partition coefficient (Wildman–Crippen LogP) is 5.30. The highest BCUT2D eigenvalue weighted by Crippen LogP contribution is 2.41. The molecule has 2 heterocycles. The molecule has 1 aromatic carbocycles. The Balaban J connectivity index is 1.71. The van der Waals surface area contributed by atoms with Crippen LogP contribution in [0.2, 0.25) is 0 Å². The van der Waals surface area contributed by atoms with Crippen LogP contribution < -0.4 is 21.5 Å². The third kappa shape index (κ3) is 6.32. The summed E-state index contributed by atoms with van der Waals surface area (Å²) in [5.74, 6) is 0.0190. The highest BCUT2D eigenvalue weighted by atomic mass is 16.1. The minimum atomic E-state index is -0.262. The first-order valence-corrected chi connectivity index (χ1v) is 13.6. The number of carbonyl (C=O) groups is 1. The Morgan fingerprint density at radius 3 is 2.32 bits per heavy atom. The first kappa shape index (κ1) is 27.1. The monoisotopic (exact) mass is 505 g/mol. The van der Waals surface area contributed by atoms with Crippen LogP contribution in [0, 0.1) is 19.3 Å². The Labute approximate surface area is 220 Å². The van der Waals surface area contributed by atoms with Crippen LogP contribution in [0.15, 0.2) is 23.0 Å². The van der Waals surface area contributed by atoms with Gasteiger partial charge in [-0.3, -0.25) is 9.59 Å². The maximum absolute atomic E-state index is 13.6. The molecule has 1 amide bonds. The van der Waals surface area contributed by atoms with Gasteiger partial charge in [-0.2, -0.15) is 0 Å². The molecular formula is C30H43N5O2. The van der Waals surface area contributed by atoms with E-state index in [9.17, 15) is 9.59 Å². The Hall–Kier alpha value is -2.93. The molecule has 1 saturated carbocycles. The summed E-state index contributed by atoms with van der Waals surface area (Å²) in [6.45, 7) is 12.8. The van der Waals surface area contributed by atoms with Crippen LogP contribution in [0.4, 0.5) is 5.69 Å². The molecule has 7 heteroatoms. The van der Waals surface area contributed by atoms with Gasteiger partial charge >= 0.3 is 0 Å². The quantitative estimate of drug-likeness (QED) is 0.329. The lowest BCUT2D eigenvalue weighted by molar-refractivity contribution is 0.0950. The number of hydrogen-bond donors (Lipinski definition) is 5. The van der Waals surface area contributed by atoms with Crippen LogP contribution in [0.1, 0.15) is 110 Å². The smallest absolute Gasteiger partial charge is 0.253 e. The van der Waals surface area contributed by atoms with Crippen LogP contribution in [0.5, 0.6) is 0 Å². The fourth-order valence-corrected chi connectivity index (χ4v) is 6.59. The summed E-state index contributed by atoms with van der Waals surface area (Å²) in [6, 6.07) is 6.42. The van der Waals surface area contributed by atoms with Crippen molar-refractivity contribution in [3.8, 4) is 0 Å². The minimum Gasteiger partial charge on any atom is -0.382 e. The number of aryl methyl sites for hydroxylation is 2. The van der Waals surface area contributed by atoms with E-state index < -0.39 is 0 Å². The number of pyridine rings is 1. The molecule has 0 bridgehead atoms. The van der Waals surface area contributed by atoms with E-state index in [2.05, 4.69) is 54.7 Å². The van der Waals surface area contributed by atoms with E-state index in [-0.39, 0.29) is 35.0 Å². The van der Waals surface area contributed by atoms with Gasteiger partial charge in [-0.1, -0.05) is 12.8 Å². The molecule has 1 saturated heterocycles. The Bertz CT molecular complexity index is 1220. The number of anilines is 1. The van der Waals surface area contributed by atoms with Crippen LogP contribution in [-0.4, -0.2) is 34.2 Å². The van der Waals surface area contributed by atoms with Crippen molar-refractivity contribution in [2.45, 2.75) is 110 Å². The van der Waals surface area contributed by atoms with E-state index >= 15 is 0 Å². The fraction of sp³-hybridized carbons (Fsp3) is 0.567. The van der Waals surface area contributed by atoms with Crippen molar-refractivity contribution in [2.24, 2.45) is 0 Å². The second-order valence-electron chi connectivity index (χ2n) is 12.4. The van der Waals surface area contributed by atoms with Crippen molar-refractivity contribution in [2.75, 3.05) is 5.32 Å². The fourth-order valence-electron chi connectivity index (χ4n) is 6.59. The third-order valence-electron chi connectivity index (χ3n) is 7.89. The van der Waals surface area contributed by atoms with E-state index in [1.807, 2.05) is 26.0 Å². The van der Waals surface area contributed by atoms with Gasteiger partial charge in [0.1, 0.15) is 0 Å². The number of nitrogens with one attached hydrogen (secondary N) is 5. The average molecular weight is 506 g/mol. The molecule has 0 spiro atoms. The van der Waals surface area contributed by atoms with Gasteiger partial charge in [0.25, 0.3) is 11.5 Å². The van der Waals surface area contributed by atoms with Crippen molar-refractivity contribution in [3.63, 3.8) is 0 Å². The van der Waals surface area contributed by atoms with E-state index in [4.69, 9.17) is 5.41 Å². The molecular weight excluding hydrogens is 462 g/mol. The maximum Gasteiger partial charge on any atom is 0.253 e. The summed E-state index contributed by atoms with van der Waals surface area (Å²) in [4.78, 5) is 28.9. The summed E-state index contributed by atoms with van der Waals surface area (Å²) in [6.07, 6.45) is 7.82. The molecule has 1 aliphatic heterocycles. The second-order valence-corrected chi connectivity index (χ2v) is 12.4. The zero-order valence-electron chi connectivity index (χ0n) is 23.2. The molecule has 2 aromatic rings. The van der Waals surface area contributed by atoms with E-state index in [1.165, 1.54) is 19.1 Å². The van der Waals surface area contributed by atoms with Gasteiger partial charge in [-0.05, 0) is 102 Å². The molecule has 37 heavy (non-hydrogen) atoms. The van der Waals surface area contributed by atoms with Crippen LogP contribution >= 0.6 is 0 Å². The van der Waals surface area contributed by atoms with E-state index in [1.54, 1.807) is 0 Å². The highest BCUT2D eigenvalue weighted by molar-refractivity contribution is 6.05. The molecule has 0 radical (unpaired) electrons. The molecule has 2 aliphatic rings. The normalized spacial score (nSPS) is 19.5. The predicted molar refractivity (Wildman–Crippen MR) is 151 cm³/mol. The number of hydrogen-bond acceptors (Lipinski definition) is 5. The number of H-pyrrole nitrogens is 1. The van der Waals surface area contributed by atoms with Crippen LogP contribution in [0.3, 0.4) is 0 Å². The topological polar surface area (TPSA) is 110 Å². The zero-order chi connectivity index (χ0) is 27.0. The number of carbonyl (C=O) groups excluding carboxylic acids is 1. The van der Waals surface area contributed by atoms with Crippen molar-refractivity contribution < 1.29 is 4.79 Å². The van der Waals surface area contributed by atoms with E-state index in [0.717, 1.165) is 48.2 Å². The molecule has 0 unspecified atom stereocenters. The molecule has 5 N–H and O–H groups in total. The average Bonchev–Trinajstić information content (AvgIpc) is 3.28. The highest BCUT2D eigenvalue weighted by Gasteiger charge is 2.38. The lowest BCUT2D eigenvalue weighted by atomic mass is 9.72. The lowest BCUT2D eigenvalue weighted by Crippen LogP contribution is -2.57. The zero-order valence-corrected chi connectivity index (χ0v) is 23.2. The van der Waals surface area contributed by atoms with Crippen LogP contribution in [0.25, 0.3) is 0 Å². The van der Waals surface area contributed by atoms with Gasteiger partial charge in [-0.25, -0.2) is 0 Å². The number of piperidine rings is 1. The summed E-state index contributed by atoms with van der Waals surface area (Å²) in [5.41, 5.74) is 5.05. The van der Waals surface area contributed by atoms with Gasteiger partial charge < -0.3 is 26.3 Å². The van der Waals surface area contributed by atoms with Crippen LogP contribution in [-0.2, 0) is 6.54 Å². The van der Waals surface area contributed by atoms with Gasteiger partial charge in [0, 0.05) is 52.4 Å². The third-order valence-corrected chi connectivity index (χ3v) is 7.89. The largest absolute Gasteiger partial charge is 0.382 e. The van der Waals surface area contributed by atoms with Crippen molar-refractivity contribution >= 4 is 17.8 Å². The summed E-state index contributed by atoms with van der Waals surface area (Å²) in [7, 11) is 0. The number of amides is 1. The Kier molecular flexibility index (Phi) is 7.65. The summed E-state index contributed by atoms with van der Waals surface area (Å²) in [5, 5.41) is 18.6. The molecule has 7 nitrogen and oxygen atoms in total. The summed E-state index contributed by atoms with van der Waals surface area (Å²) >= 11 is 0. The first-order chi connectivity index (χ1) is 17.4.